The van der Waals surface area contributed by atoms with Gasteiger partial charge in [-0.1, -0.05) is 18.2 Å². The van der Waals surface area contributed by atoms with Crippen LogP contribution < -0.4 is 10.1 Å². The maximum absolute atomic E-state index is 11.0. The molecule has 0 heterocycles. The highest BCUT2D eigenvalue weighted by molar-refractivity contribution is 5.73. The summed E-state index contributed by atoms with van der Waals surface area (Å²) in [6, 6.07) is 8.63. The van der Waals surface area contributed by atoms with Gasteiger partial charge in [-0.15, -0.1) is 0 Å². The number of hydrogen-bond acceptors (Lipinski definition) is 4. The zero-order valence-electron chi connectivity index (χ0n) is 10.1. The van der Waals surface area contributed by atoms with E-state index in [0.717, 1.165) is 0 Å². The van der Waals surface area contributed by atoms with Gasteiger partial charge < -0.3 is 20.3 Å². The Hall–Kier alpha value is -1.59. The van der Waals surface area contributed by atoms with Gasteiger partial charge >= 0.3 is 0 Å². The molecule has 1 aliphatic carbocycles. The van der Waals surface area contributed by atoms with Gasteiger partial charge in [0.2, 0.25) is 5.91 Å². The Labute approximate surface area is 105 Å². The third-order valence-electron chi connectivity index (χ3n) is 3.05. The number of carbonyl (C=O) groups excluding carboxylic acids is 1. The number of nitrogens with one attached hydrogen (secondary N) is 1. The van der Waals surface area contributed by atoms with Crippen LogP contribution in [-0.4, -0.2) is 40.5 Å². The Kier molecular flexibility index (Phi) is 3.84. The fraction of sp³-hybridized carbons (Fsp3) is 0.462. The molecule has 3 N–H and O–H groups in total. The lowest BCUT2D eigenvalue weighted by Crippen LogP contribution is -2.42. The van der Waals surface area contributed by atoms with Gasteiger partial charge in [-0.3, -0.25) is 4.79 Å². The zero-order valence-corrected chi connectivity index (χ0v) is 10.1. The summed E-state index contributed by atoms with van der Waals surface area (Å²) in [7, 11) is 0. The first-order valence-corrected chi connectivity index (χ1v) is 5.93. The molecule has 98 valence electrons. The van der Waals surface area contributed by atoms with Crippen molar-refractivity contribution >= 4 is 5.91 Å². The molecule has 0 bridgehead atoms. The van der Waals surface area contributed by atoms with E-state index in [4.69, 9.17) is 4.74 Å². The smallest absolute Gasteiger partial charge is 0.217 e. The maximum Gasteiger partial charge on any atom is 0.217 e. The molecular weight excluding hydrogens is 234 g/mol. The third kappa shape index (κ3) is 2.80. The molecule has 0 unspecified atom stereocenters. The van der Waals surface area contributed by atoms with Crippen molar-refractivity contribution in [3.63, 3.8) is 0 Å². The van der Waals surface area contributed by atoms with Crippen molar-refractivity contribution in [2.75, 3.05) is 0 Å². The van der Waals surface area contributed by atoms with E-state index in [0.29, 0.717) is 12.2 Å². The quantitative estimate of drug-likeness (QED) is 0.710. The van der Waals surface area contributed by atoms with E-state index in [1.54, 1.807) is 12.1 Å². The van der Waals surface area contributed by atoms with E-state index in [1.165, 1.54) is 6.92 Å². The summed E-state index contributed by atoms with van der Waals surface area (Å²) in [5.41, 5.74) is 0. The third-order valence-corrected chi connectivity index (χ3v) is 3.05. The molecule has 0 spiro atoms. The van der Waals surface area contributed by atoms with Crippen LogP contribution in [0.4, 0.5) is 0 Å². The monoisotopic (exact) mass is 251 g/mol. The fourth-order valence-electron chi connectivity index (χ4n) is 2.18. The van der Waals surface area contributed by atoms with Crippen LogP contribution in [0.2, 0.25) is 0 Å². The Balaban J connectivity index is 2.00. The number of amides is 1. The van der Waals surface area contributed by atoms with Crippen LogP contribution in [0.5, 0.6) is 5.75 Å². The normalized spacial score (nSPS) is 31.1. The highest BCUT2D eigenvalue weighted by atomic mass is 16.5. The maximum atomic E-state index is 11.0. The molecule has 0 radical (unpaired) electrons. The Bertz CT molecular complexity index is 409. The molecule has 0 aliphatic heterocycles. The molecule has 1 amide bonds. The first-order chi connectivity index (χ1) is 8.58. The average molecular weight is 251 g/mol. The summed E-state index contributed by atoms with van der Waals surface area (Å²) >= 11 is 0. The van der Waals surface area contributed by atoms with E-state index >= 15 is 0 Å². The molecule has 1 saturated carbocycles. The van der Waals surface area contributed by atoms with Gasteiger partial charge in [-0.2, -0.15) is 0 Å². The summed E-state index contributed by atoms with van der Waals surface area (Å²) in [6.45, 7) is 1.38. The van der Waals surface area contributed by atoms with Crippen LogP contribution >= 0.6 is 0 Å². The first kappa shape index (κ1) is 12.9. The summed E-state index contributed by atoms with van der Waals surface area (Å²) in [5.74, 6) is 0.406. The highest BCUT2D eigenvalue weighted by Crippen LogP contribution is 2.25. The lowest BCUT2D eigenvalue weighted by atomic mass is 10.2. The van der Waals surface area contributed by atoms with E-state index < -0.39 is 24.4 Å². The topological polar surface area (TPSA) is 78.8 Å². The van der Waals surface area contributed by atoms with Crippen molar-refractivity contribution in [3.05, 3.63) is 30.3 Å². The van der Waals surface area contributed by atoms with Crippen LogP contribution in [0.25, 0.3) is 0 Å². The number of hydrogen-bond donors (Lipinski definition) is 3. The van der Waals surface area contributed by atoms with Crippen LogP contribution in [0, 0.1) is 0 Å². The minimum Gasteiger partial charge on any atom is -0.488 e. The molecule has 0 saturated heterocycles. The molecule has 4 atom stereocenters. The zero-order chi connectivity index (χ0) is 13.1. The lowest BCUT2D eigenvalue weighted by Gasteiger charge is -2.18. The number of ether oxygens (including phenoxy) is 1. The minimum absolute atomic E-state index is 0.230. The molecule has 1 aromatic carbocycles. The second-order valence-corrected chi connectivity index (χ2v) is 4.49. The molecule has 5 heteroatoms. The lowest BCUT2D eigenvalue weighted by molar-refractivity contribution is -0.120. The van der Waals surface area contributed by atoms with Crippen molar-refractivity contribution < 1.29 is 19.7 Å². The van der Waals surface area contributed by atoms with Gasteiger partial charge in [0.05, 0.1) is 6.04 Å². The second kappa shape index (κ2) is 5.37. The molecular formula is C13H17NO4. The van der Waals surface area contributed by atoms with E-state index in [-0.39, 0.29) is 5.91 Å². The molecule has 18 heavy (non-hydrogen) atoms. The highest BCUT2D eigenvalue weighted by Gasteiger charge is 2.43. The number of carbonyl (C=O) groups is 1. The first-order valence-electron chi connectivity index (χ1n) is 5.93. The molecule has 1 aliphatic rings. The van der Waals surface area contributed by atoms with Crippen LogP contribution in [-0.2, 0) is 4.79 Å². The van der Waals surface area contributed by atoms with Crippen molar-refractivity contribution in [1.29, 1.82) is 0 Å². The fourth-order valence-corrected chi connectivity index (χ4v) is 2.18. The van der Waals surface area contributed by atoms with Gasteiger partial charge in [0.1, 0.15) is 24.1 Å². The Morgan fingerprint density at radius 3 is 2.56 bits per heavy atom. The van der Waals surface area contributed by atoms with Crippen LogP contribution in [0.1, 0.15) is 13.3 Å². The Morgan fingerprint density at radius 1 is 1.28 bits per heavy atom. The number of benzene rings is 1. The van der Waals surface area contributed by atoms with Gasteiger partial charge in [-0.05, 0) is 12.1 Å². The number of aliphatic hydroxyl groups is 2. The minimum atomic E-state index is -0.998. The van der Waals surface area contributed by atoms with Crippen molar-refractivity contribution in [3.8, 4) is 5.75 Å². The average Bonchev–Trinajstić information content (AvgIpc) is 2.58. The van der Waals surface area contributed by atoms with Crippen LogP contribution in [0.3, 0.4) is 0 Å². The standard InChI is InChI=1S/C13H17NO4/c1-8(15)14-10-7-11(13(17)12(10)16)18-9-5-3-2-4-6-9/h2-6,10-13,16-17H,7H2,1H3,(H,14,15)/t10-,11-,12+,13+/m1/s1. The van der Waals surface area contributed by atoms with E-state index in [9.17, 15) is 15.0 Å². The molecule has 2 rings (SSSR count). The number of rotatable bonds is 3. The SMILES string of the molecule is CC(=O)N[C@@H]1C[C@@H](Oc2ccccc2)[C@H](O)[C@H]1O. The molecule has 1 aromatic rings. The predicted octanol–water partition coefficient (Wildman–Crippen LogP) is 0.0642. The van der Waals surface area contributed by atoms with E-state index in [2.05, 4.69) is 5.32 Å². The molecule has 0 aromatic heterocycles. The predicted molar refractivity (Wildman–Crippen MR) is 65.1 cm³/mol. The summed E-state index contributed by atoms with van der Waals surface area (Å²) < 4.78 is 5.61. The van der Waals surface area contributed by atoms with Gasteiger partial charge in [0.25, 0.3) is 0 Å². The van der Waals surface area contributed by atoms with Crippen molar-refractivity contribution in [2.45, 2.75) is 37.7 Å². The van der Waals surface area contributed by atoms with Gasteiger partial charge in [0.15, 0.2) is 0 Å². The largest absolute Gasteiger partial charge is 0.488 e. The summed E-state index contributed by atoms with van der Waals surface area (Å²) in [6.07, 6.45) is -2.12. The number of para-hydroxylation sites is 1. The Morgan fingerprint density at radius 2 is 1.94 bits per heavy atom. The van der Waals surface area contributed by atoms with Crippen molar-refractivity contribution in [1.82, 2.24) is 5.32 Å². The summed E-state index contributed by atoms with van der Waals surface area (Å²) in [5, 5.41) is 22.3. The molecule has 1 fully saturated rings. The van der Waals surface area contributed by atoms with Gasteiger partial charge in [0, 0.05) is 13.3 Å². The summed E-state index contributed by atoms with van der Waals surface area (Å²) in [4.78, 5) is 11.0. The second-order valence-electron chi connectivity index (χ2n) is 4.49. The van der Waals surface area contributed by atoms with E-state index in [1.807, 2.05) is 18.2 Å². The van der Waals surface area contributed by atoms with Crippen LogP contribution in [0.15, 0.2) is 30.3 Å². The van der Waals surface area contributed by atoms with Crippen molar-refractivity contribution in [2.24, 2.45) is 0 Å². The van der Waals surface area contributed by atoms with Gasteiger partial charge in [-0.25, -0.2) is 0 Å². The number of aliphatic hydroxyl groups excluding tert-OH is 2. The molecule has 5 nitrogen and oxygen atoms in total.